The van der Waals surface area contributed by atoms with Crippen LogP contribution in [0.15, 0.2) is 18.2 Å². The molecule has 0 radical (unpaired) electrons. The van der Waals surface area contributed by atoms with Crippen molar-refractivity contribution in [3.8, 4) is 0 Å². The van der Waals surface area contributed by atoms with Crippen molar-refractivity contribution in [2.75, 3.05) is 0 Å². The molecule has 0 spiro atoms. The molecule has 4 fully saturated rings. The summed E-state index contributed by atoms with van der Waals surface area (Å²) in [5, 5.41) is 6.03. The zero-order chi connectivity index (χ0) is 19.5. The lowest BCUT2D eigenvalue weighted by atomic mass is 9.55. The second-order valence-electron chi connectivity index (χ2n) is 9.09. The van der Waals surface area contributed by atoms with Crippen molar-refractivity contribution in [3.63, 3.8) is 0 Å². The van der Waals surface area contributed by atoms with Crippen molar-refractivity contribution in [1.29, 1.82) is 0 Å². The van der Waals surface area contributed by atoms with Crippen LogP contribution in [-0.4, -0.2) is 39.7 Å². The maximum Gasteiger partial charge on any atom is 0.255 e. The SMILES string of the molecule is NC12CCCC(NCc3ccc4c(c3)C(=O)N(C3CCC(=O)NC3=O)C4)(C1)C2. The molecule has 1 unspecified atom stereocenters. The Bertz CT molecular complexity index is 874. The first-order chi connectivity index (χ1) is 13.4. The van der Waals surface area contributed by atoms with Crippen LogP contribution in [0, 0.1) is 0 Å². The van der Waals surface area contributed by atoms with E-state index >= 15 is 0 Å². The molecule has 5 aliphatic rings. The number of hydrogen-bond acceptors (Lipinski definition) is 5. The van der Waals surface area contributed by atoms with Crippen molar-refractivity contribution in [1.82, 2.24) is 15.5 Å². The fourth-order valence-electron chi connectivity index (χ4n) is 5.64. The lowest BCUT2D eigenvalue weighted by molar-refractivity contribution is -0.136. The van der Waals surface area contributed by atoms with Gasteiger partial charge in [-0.25, -0.2) is 0 Å². The normalized spacial score (nSPS) is 34.1. The third kappa shape index (κ3) is 2.84. The molecule has 1 atom stereocenters. The molecule has 28 heavy (non-hydrogen) atoms. The number of imide groups is 1. The van der Waals surface area contributed by atoms with Crippen molar-refractivity contribution < 1.29 is 14.4 Å². The third-order valence-electron chi connectivity index (χ3n) is 6.97. The van der Waals surface area contributed by atoms with Crippen molar-refractivity contribution in [2.24, 2.45) is 5.73 Å². The molecule has 2 bridgehead atoms. The summed E-state index contributed by atoms with van der Waals surface area (Å²) in [5.41, 5.74) is 9.23. The van der Waals surface area contributed by atoms with E-state index in [-0.39, 0.29) is 35.2 Å². The van der Waals surface area contributed by atoms with Crippen LogP contribution in [0.25, 0.3) is 0 Å². The minimum atomic E-state index is -0.562. The van der Waals surface area contributed by atoms with E-state index in [4.69, 9.17) is 5.73 Å². The molecule has 1 saturated heterocycles. The van der Waals surface area contributed by atoms with Gasteiger partial charge in [-0.2, -0.15) is 0 Å². The lowest BCUT2D eigenvalue weighted by Gasteiger charge is -2.59. The summed E-state index contributed by atoms with van der Waals surface area (Å²) in [4.78, 5) is 38.0. The Morgan fingerprint density at radius 3 is 2.79 bits per heavy atom. The number of nitrogens with two attached hydrogens (primary N) is 1. The van der Waals surface area contributed by atoms with Gasteiger partial charge in [-0.05, 0) is 55.7 Å². The highest BCUT2D eigenvalue weighted by atomic mass is 16.2. The van der Waals surface area contributed by atoms with Gasteiger partial charge in [0.25, 0.3) is 5.91 Å². The van der Waals surface area contributed by atoms with Crippen LogP contribution in [0.4, 0.5) is 0 Å². The van der Waals surface area contributed by atoms with E-state index in [9.17, 15) is 14.4 Å². The number of rotatable bonds is 4. The Labute approximate surface area is 164 Å². The minimum absolute atomic E-state index is 0.0294. The summed E-state index contributed by atoms with van der Waals surface area (Å²) in [6.45, 7) is 1.14. The van der Waals surface area contributed by atoms with Crippen molar-refractivity contribution in [3.05, 3.63) is 34.9 Å². The topological polar surface area (TPSA) is 105 Å². The number of nitrogens with one attached hydrogen (secondary N) is 2. The van der Waals surface area contributed by atoms with E-state index in [1.807, 2.05) is 12.1 Å². The third-order valence-corrected chi connectivity index (χ3v) is 6.97. The summed E-state index contributed by atoms with van der Waals surface area (Å²) in [6, 6.07) is 5.43. The van der Waals surface area contributed by atoms with Gasteiger partial charge in [0.05, 0.1) is 0 Å². The summed E-state index contributed by atoms with van der Waals surface area (Å²) < 4.78 is 0. The van der Waals surface area contributed by atoms with E-state index in [2.05, 4.69) is 16.7 Å². The molecule has 7 heteroatoms. The number of benzene rings is 1. The highest BCUT2D eigenvalue weighted by Gasteiger charge is 2.54. The number of carbonyl (C=O) groups excluding carboxylic acids is 3. The molecule has 2 heterocycles. The van der Waals surface area contributed by atoms with Gasteiger partial charge >= 0.3 is 0 Å². The summed E-state index contributed by atoms with van der Waals surface area (Å²) >= 11 is 0. The second kappa shape index (κ2) is 6.12. The number of hydrogen-bond donors (Lipinski definition) is 3. The average molecular weight is 382 g/mol. The quantitative estimate of drug-likeness (QED) is 0.673. The number of nitrogens with zero attached hydrogens (tertiary/aromatic N) is 1. The maximum atomic E-state index is 12.9. The van der Waals surface area contributed by atoms with Gasteiger partial charge in [-0.15, -0.1) is 0 Å². The molecule has 1 aromatic carbocycles. The molecule has 6 rings (SSSR count). The molecule has 3 amide bonds. The van der Waals surface area contributed by atoms with Crippen LogP contribution >= 0.6 is 0 Å². The average Bonchev–Trinajstić information content (AvgIpc) is 2.95. The van der Waals surface area contributed by atoms with Gasteiger partial charge in [-0.1, -0.05) is 12.1 Å². The molecule has 3 saturated carbocycles. The highest BCUT2D eigenvalue weighted by molar-refractivity contribution is 6.05. The molecule has 3 aliphatic carbocycles. The number of piperidine rings is 1. The molecule has 2 aliphatic heterocycles. The van der Waals surface area contributed by atoms with Crippen LogP contribution < -0.4 is 16.4 Å². The summed E-state index contributed by atoms with van der Waals surface area (Å²) in [5.74, 6) is -0.754. The van der Waals surface area contributed by atoms with Gasteiger partial charge in [0.1, 0.15) is 6.04 Å². The Morgan fingerprint density at radius 1 is 1.21 bits per heavy atom. The number of amides is 3. The predicted octanol–water partition coefficient (Wildman–Crippen LogP) is 0.951. The first-order valence-electron chi connectivity index (χ1n) is 10.2. The van der Waals surface area contributed by atoms with Crippen LogP contribution in [0.3, 0.4) is 0 Å². The Morgan fingerprint density at radius 2 is 2.04 bits per heavy atom. The van der Waals surface area contributed by atoms with Crippen LogP contribution in [0.5, 0.6) is 0 Å². The van der Waals surface area contributed by atoms with Gasteiger partial charge in [-0.3, -0.25) is 19.7 Å². The zero-order valence-corrected chi connectivity index (χ0v) is 15.9. The fraction of sp³-hybridized carbons (Fsp3) is 0.571. The smallest absolute Gasteiger partial charge is 0.255 e. The van der Waals surface area contributed by atoms with E-state index in [0.29, 0.717) is 18.5 Å². The Balaban J connectivity index is 1.27. The van der Waals surface area contributed by atoms with Gasteiger partial charge < -0.3 is 16.0 Å². The highest BCUT2D eigenvalue weighted by Crippen LogP contribution is 2.50. The molecule has 148 valence electrons. The van der Waals surface area contributed by atoms with Gasteiger partial charge in [0.15, 0.2) is 0 Å². The molecular weight excluding hydrogens is 356 g/mol. The predicted molar refractivity (Wildman–Crippen MR) is 102 cm³/mol. The molecule has 4 N–H and O–H groups in total. The fourth-order valence-corrected chi connectivity index (χ4v) is 5.64. The van der Waals surface area contributed by atoms with Crippen LogP contribution in [-0.2, 0) is 22.7 Å². The van der Waals surface area contributed by atoms with Gasteiger partial charge in [0, 0.05) is 36.2 Å². The standard InChI is InChI=1S/C21H26N4O3/c22-20-6-1-7-21(11-20,12-20)23-9-13-2-3-14-10-25(19(28)15(14)8-13)16-4-5-17(26)24-18(16)27/h2-3,8,16,23H,1,4-7,9-12,22H2,(H,24,26,27). The van der Waals surface area contributed by atoms with Crippen LogP contribution in [0.2, 0.25) is 0 Å². The first kappa shape index (κ1) is 17.8. The number of carbonyl (C=O) groups is 3. The monoisotopic (exact) mass is 382 g/mol. The van der Waals surface area contributed by atoms with Crippen molar-refractivity contribution >= 4 is 17.7 Å². The van der Waals surface area contributed by atoms with E-state index in [1.165, 1.54) is 12.8 Å². The molecule has 1 aromatic rings. The van der Waals surface area contributed by atoms with E-state index < -0.39 is 6.04 Å². The minimum Gasteiger partial charge on any atom is -0.325 e. The molecular formula is C21H26N4O3. The zero-order valence-electron chi connectivity index (χ0n) is 15.9. The van der Waals surface area contributed by atoms with Gasteiger partial charge in [0.2, 0.25) is 11.8 Å². The number of fused-ring (bicyclic) bond motifs is 3. The van der Waals surface area contributed by atoms with E-state index in [0.717, 1.165) is 36.9 Å². The largest absolute Gasteiger partial charge is 0.325 e. The van der Waals surface area contributed by atoms with E-state index in [1.54, 1.807) is 4.90 Å². The maximum absolute atomic E-state index is 12.9. The first-order valence-corrected chi connectivity index (χ1v) is 10.2. The van der Waals surface area contributed by atoms with Crippen molar-refractivity contribution in [2.45, 2.75) is 75.2 Å². The second-order valence-corrected chi connectivity index (χ2v) is 9.09. The summed E-state index contributed by atoms with van der Waals surface area (Å²) in [7, 11) is 0. The Hall–Kier alpha value is -2.25. The molecule has 7 nitrogen and oxygen atoms in total. The molecule has 0 aromatic heterocycles. The Kier molecular flexibility index (Phi) is 3.90. The summed E-state index contributed by atoms with van der Waals surface area (Å²) in [6.07, 6.45) is 6.20. The van der Waals surface area contributed by atoms with Crippen LogP contribution in [0.1, 0.15) is 66.4 Å². The lowest BCUT2D eigenvalue weighted by Crippen LogP contribution is -2.70.